The van der Waals surface area contributed by atoms with Gasteiger partial charge in [-0.3, -0.25) is 9.69 Å². The van der Waals surface area contributed by atoms with Crippen molar-refractivity contribution in [1.82, 2.24) is 30.1 Å². The Morgan fingerprint density at radius 1 is 0.949 bits per heavy atom. The zero-order valence-corrected chi connectivity index (χ0v) is 21.4. The monoisotopic (exact) mass is 527 g/mol. The number of tetrazole rings is 1. The van der Waals surface area contributed by atoms with Crippen molar-refractivity contribution in [3.63, 3.8) is 0 Å². The molecule has 1 aliphatic rings. The zero-order valence-electron chi connectivity index (χ0n) is 21.4. The fourth-order valence-electron chi connectivity index (χ4n) is 5.31. The lowest BCUT2D eigenvalue weighted by atomic mass is 10.0. The number of H-pyrrole nitrogens is 1. The molecule has 0 aliphatic carbocycles. The van der Waals surface area contributed by atoms with Gasteiger partial charge in [0.1, 0.15) is 17.7 Å². The molecule has 0 unspecified atom stereocenters. The van der Waals surface area contributed by atoms with Gasteiger partial charge in [-0.2, -0.15) is 0 Å². The highest BCUT2D eigenvalue weighted by atomic mass is 19.1. The minimum absolute atomic E-state index is 0.213. The van der Waals surface area contributed by atoms with E-state index in [1.807, 2.05) is 42.2 Å². The van der Waals surface area contributed by atoms with Crippen molar-refractivity contribution in [2.45, 2.75) is 19.5 Å². The van der Waals surface area contributed by atoms with E-state index in [2.05, 4.69) is 25.4 Å². The third-order valence-corrected chi connectivity index (χ3v) is 7.33. The van der Waals surface area contributed by atoms with Gasteiger partial charge in [0.05, 0.1) is 17.7 Å². The molecule has 3 aromatic carbocycles. The predicted octanol–water partition coefficient (Wildman–Crippen LogP) is 4.06. The average Bonchev–Trinajstić information content (AvgIpc) is 3.39. The van der Waals surface area contributed by atoms with Gasteiger partial charge in [-0.15, -0.1) is 5.10 Å². The maximum Gasteiger partial charge on any atom is 0.253 e. The second-order valence-electron chi connectivity index (χ2n) is 9.79. The van der Waals surface area contributed by atoms with Crippen molar-refractivity contribution in [3.05, 3.63) is 117 Å². The molecule has 5 aromatic rings. The van der Waals surface area contributed by atoms with Crippen molar-refractivity contribution in [3.8, 4) is 0 Å². The second kappa shape index (κ2) is 10.4. The zero-order chi connectivity index (χ0) is 26.9. The Hall–Kier alpha value is -4.44. The number of aryl methyl sites for hydroxylation is 1. The molecule has 0 spiro atoms. The molecule has 2 aromatic heterocycles. The SMILES string of the molecule is Cc1cccc2cc([C@@H](c3nnnn3Cc3ccc(F)cc3)N3CCN(c4ccccc4F)CC3)c(=O)[nH]c12. The summed E-state index contributed by atoms with van der Waals surface area (Å²) in [5.41, 5.74) is 3.48. The molecule has 1 saturated heterocycles. The summed E-state index contributed by atoms with van der Waals surface area (Å²) in [6.45, 7) is 4.55. The first-order valence-corrected chi connectivity index (χ1v) is 12.8. The summed E-state index contributed by atoms with van der Waals surface area (Å²) in [5, 5.41) is 13.5. The Balaban J connectivity index is 1.39. The second-order valence-corrected chi connectivity index (χ2v) is 9.79. The molecule has 0 saturated carbocycles. The molecule has 6 rings (SSSR count). The molecule has 3 heterocycles. The summed E-state index contributed by atoms with van der Waals surface area (Å²) >= 11 is 0. The summed E-state index contributed by atoms with van der Waals surface area (Å²) in [6.07, 6.45) is 0. The van der Waals surface area contributed by atoms with Crippen LogP contribution < -0.4 is 10.5 Å². The van der Waals surface area contributed by atoms with Crippen LogP contribution >= 0.6 is 0 Å². The Morgan fingerprint density at radius 3 is 2.49 bits per heavy atom. The predicted molar refractivity (Wildman–Crippen MR) is 145 cm³/mol. The summed E-state index contributed by atoms with van der Waals surface area (Å²) in [4.78, 5) is 20.8. The largest absolute Gasteiger partial charge is 0.367 e. The van der Waals surface area contributed by atoms with Crippen LogP contribution in [-0.2, 0) is 6.54 Å². The number of para-hydroxylation sites is 2. The third kappa shape index (κ3) is 4.90. The Morgan fingerprint density at radius 2 is 1.72 bits per heavy atom. The Bertz CT molecular complexity index is 1670. The van der Waals surface area contributed by atoms with Gasteiger partial charge < -0.3 is 9.88 Å². The maximum atomic E-state index is 14.5. The van der Waals surface area contributed by atoms with Crippen LogP contribution in [0.15, 0.2) is 77.6 Å². The van der Waals surface area contributed by atoms with Crippen molar-refractivity contribution >= 4 is 16.6 Å². The molecule has 198 valence electrons. The first-order chi connectivity index (χ1) is 19.0. The normalized spacial score (nSPS) is 15.1. The van der Waals surface area contributed by atoms with Crippen LogP contribution in [0.5, 0.6) is 0 Å². The number of nitrogens with one attached hydrogen (secondary N) is 1. The number of pyridine rings is 1. The minimum Gasteiger partial charge on any atom is -0.367 e. The number of halogens is 2. The van der Waals surface area contributed by atoms with Gasteiger partial charge in [-0.25, -0.2) is 13.5 Å². The van der Waals surface area contributed by atoms with Gasteiger partial charge in [-0.1, -0.05) is 42.5 Å². The summed E-state index contributed by atoms with van der Waals surface area (Å²) < 4.78 is 29.6. The molecule has 1 N–H and O–H groups in total. The Kier molecular flexibility index (Phi) is 6.62. The highest BCUT2D eigenvalue weighted by Crippen LogP contribution is 2.30. The van der Waals surface area contributed by atoms with Gasteiger partial charge in [0.25, 0.3) is 5.56 Å². The maximum absolute atomic E-state index is 14.5. The van der Waals surface area contributed by atoms with Gasteiger partial charge in [-0.05, 0) is 64.2 Å². The smallest absolute Gasteiger partial charge is 0.253 e. The first kappa shape index (κ1) is 24.9. The third-order valence-electron chi connectivity index (χ3n) is 7.33. The van der Waals surface area contributed by atoms with E-state index >= 15 is 0 Å². The van der Waals surface area contributed by atoms with E-state index in [1.165, 1.54) is 18.2 Å². The number of rotatable bonds is 6. The van der Waals surface area contributed by atoms with Crippen molar-refractivity contribution in [1.29, 1.82) is 0 Å². The van der Waals surface area contributed by atoms with Crippen LogP contribution in [0.4, 0.5) is 14.5 Å². The molecule has 0 bridgehead atoms. The van der Waals surface area contributed by atoms with Crippen LogP contribution in [-0.4, -0.2) is 56.3 Å². The fourth-order valence-corrected chi connectivity index (χ4v) is 5.31. The number of hydrogen-bond acceptors (Lipinski definition) is 6. The van der Waals surface area contributed by atoms with E-state index < -0.39 is 6.04 Å². The molecule has 10 heteroatoms. The number of aromatic nitrogens is 5. The first-order valence-electron chi connectivity index (χ1n) is 12.8. The van der Waals surface area contributed by atoms with E-state index in [0.717, 1.165) is 22.0 Å². The minimum atomic E-state index is -0.545. The lowest BCUT2D eigenvalue weighted by Gasteiger charge is -2.39. The van der Waals surface area contributed by atoms with E-state index in [9.17, 15) is 13.6 Å². The lowest BCUT2D eigenvalue weighted by Crippen LogP contribution is -2.49. The van der Waals surface area contributed by atoms with Crippen molar-refractivity contribution in [2.24, 2.45) is 0 Å². The number of anilines is 1. The van der Waals surface area contributed by atoms with E-state index in [0.29, 0.717) is 49.8 Å². The number of nitrogens with zero attached hydrogens (tertiary/aromatic N) is 6. The standard InChI is InChI=1S/C29H27F2N7O/c1-19-5-4-6-21-17-23(29(39)32-26(19)21)27(28-33-34-35-38(28)18-20-9-11-22(30)12-10-20)37-15-13-36(14-16-37)25-8-3-2-7-24(25)31/h2-12,17,27H,13-16,18H2,1H3,(H,32,39)/t27-/m0/s1. The molecular formula is C29H27F2N7O. The van der Waals surface area contributed by atoms with Crippen LogP contribution in [0.25, 0.3) is 10.9 Å². The topological polar surface area (TPSA) is 82.9 Å². The van der Waals surface area contributed by atoms with Gasteiger partial charge in [0, 0.05) is 31.7 Å². The quantitative estimate of drug-likeness (QED) is 0.359. The average molecular weight is 528 g/mol. The number of hydrogen-bond donors (Lipinski definition) is 1. The van der Waals surface area contributed by atoms with Gasteiger partial charge >= 0.3 is 0 Å². The molecule has 0 radical (unpaired) electrons. The van der Waals surface area contributed by atoms with Crippen LogP contribution in [0.3, 0.4) is 0 Å². The van der Waals surface area contributed by atoms with E-state index in [-0.39, 0.29) is 17.2 Å². The molecular weight excluding hydrogens is 500 g/mol. The van der Waals surface area contributed by atoms with Crippen molar-refractivity contribution < 1.29 is 8.78 Å². The van der Waals surface area contributed by atoms with Crippen molar-refractivity contribution in [2.75, 3.05) is 31.1 Å². The fraction of sp³-hybridized carbons (Fsp3) is 0.241. The van der Waals surface area contributed by atoms with E-state index in [4.69, 9.17) is 0 Å². The molecule has 39 heavy (non-hydrogen) atoms. The van der Waals surface area contributed by atoms with Gasteiger partial charge in [0.15, 0.2) is 5.82 Å². The Labute approximate surface area is 223 Å². The van der Waals surface area contributed by atoms with Crippen LogP contribution in [0.2, 0.25) is 0 Å². The number of benzene rings is 3. The molecule has 0 amide bonds. The highest BCUT2D eigenvalue weighted by Gasteiger charge is 2.33. The number of piperazine rings is 1. The molecule has 1 fully saturated rings. The number of fused-ring (bicyclic) bond motifs is 1. The number of aromatic amines is 1. The summed E-state index contributed by atoms with van der Waals surface area (Å²) in [5.74, 6) is -0.0671. The van der Waals surface area contributed by atoms with Crippen LogP contribution in [0, 0.1) is 18.6 Å². The lowest BCUT2D eigenvalue weighted by molar-refractivity contribution is 0.200. The van der Waals surface area contributed by atoms with E-state index in [1.54, 1.807) is 28.9 Å². The highest BCUT2D eigenvalue weighted by molar-refractivity contribution is 5.82. The van der Waals surface area contributed by atoms with Crippen LogP contribution in [0.1, 0.15) is 28.6 Å². The molecule has 1 atom stereocenters. The summed E-state index contributed by atoms with van der Waals surface area (Å²) in [6, 6.07) is 20.2. The van der Waals surface area contributed by atoms with Gasteiger partial charge in [0.2, 0.25) is 0 Å². The summed E-state index contributed by atoms with van der Waals surface area (Å²) in [7, 11) is 0. The molecule has 1 aliphatic heterocycles. The molecule has 8 nitrogen and oxygen atoms in total.